The fourth-order valence-electron chi connectivity index (χ4n) is 2.77. The molecule has 96 valence electrons. The van der Waals surface area contributed by atoms with Crippen molar-refractivity contribution in [1.29, 1.82) is 0 Å². The maximum Gasteiger partial charge on any atom is 0.0695 e. The first kappa shape index (κ1) is 14.0. The van der Waals surface area contributed by atoms with Crippen LogP contribution in [0.4, 0.5) is 0 Å². The summed E-state index contributed by atoms with van der Waals surface area (Å²) in [6.07, 6.45) is 7.18. The Morgan fingerprint density at radius 1 is 1.25 bits per heavy atom. The van der Waals surface area contributed by atoms with E-state index in [1.807, 2.05) is 0 Å². The smallest absolute Gasteiger partial charge is 0.0695 e. The first-order chi connectivity index (χ1) is 7.72. The van der Waals surface area contributed by atoms with Crippen molar-refractivity contribution in [3.8, 4) is 0 Å². The number of aliphatic hydroxyl groups is 1. The van der Waals surface area contributed by atoms with Gasteiger partial charge in [0.15, 0.2) is 0 Å². The van der Waals surface area contributed by atoms with Crippen molar-refractivity contribution in [3.63, 3.8) is 0 Å². The lowest BCUT2D eigenvalue weighted by Crippen LogP contribution is -2.46. The zero-order valence-electron chi connectivity index (χ0n) is 11.3. The molecule has 1 saturated carbocycles. The minimum atomic E-state index is -0.130. The SMILES string of the molecule is CCCC(O)C(CC)N(CC)CC1CCC1. The Bertz CT molecular complexity index is 180. The average Bonchev–Trinajstić information content (AvgIpc) is 2.21. The zero-order chi connectivity index (χ0) is 12.0. The minimum Gasteiger partial charge on any atom is -0.391 e. The van der Waals surface area contributed by atoms with Gasteiger partial charge in [-0.1, -0.05) is 33.6 Å². The Morgan fingerprint density at radius 3 is 2.31 bits per heavy atom. The molecule has 0 aliphatic heterocycles. The predicted molar refractivity (Wildman–Crippen MR) is 69.6 cm³/mol. The summed E-state index contributed by atoms with van der Waals surface area (Å²) >= 11 is 0. The van der Waals surface area contributed by atoms with Crippen LogP contribution in [0.1, 0.15) is 59.3 Å². The third kappa shape index (κ3) is 3.74. The van der Waals surface area contributed by atoms with Gasteiger partial charge in [0, 0.05) is 12.6 Å². The van der Waals surface area contributed by atoms with Crippen LogP contribution in [0.25, 0.3) is 0 Å². The van der Waals surface area contributed by atoms with Gasteiger partial charge in [0.25, 0.3) is 0 Å². The molecule has 16 heavy (non-hydrogen) atoms. The van der Waals surface area contributed by atoms with Crippen LogP contribution in [0.3, 0.4) is 0 Å². The lowest BCUT2D eigenvalue weighted by atomic mass is 9.84. The van der Waals surface area contributed by atoms with Gasteiger partial charge in [-0.3, -0.25) is 4.90 Å². The summed E-state index contributed by atoms with van der Waals surface area (Å²) < 4.78 is 0. The molecule has 1 aliphatic carbocycles. The molecular weight excluding hydrogens is 198 g/mol. The summed E-state index contributed by atoms with van der Waals surface area (Å²) in [6, 6.07) is 0.380. The molecule has 0 amide bonds. The van der Waals surface area contributed by atoms with Gasteiger partial charge < -0.3 is 5.11 Å². The quantitative estimate of drug-likeness (QED) is 0.689. The number of aliphatic hydroxyl groups excluding tert-OH is 1. The molecule has 2 heteroatoms. The molecular formula is C14H29NO. The van der Waals surface area contributed by atoms with Crippen molar-refractivity contribution in [3.05, 3.63) is 0 Å². The lowest BCUT2D eigenvalue weighted by Gasteiger charge is -2.38. The highest BCUT2D eigenvalue weighted by molar-refractivity contribution is 4.81. The first-order valence-electron chi connectivity index (χ1n) is 7.14. The summed E-state index contributed by atoms with van der Waals surface area (Å²) in [6.45, 7) is 8.86. The number of hydrogen-bond acceptors (Lipinski definition) is 2. The van der Waals surface area contributed by atoms with Gasteiger partial charge in [0.2, 0.25) is 0 Å². The maximum absolute atomic E-state index is 10.2. The van der Waals surface area contributed by atoms with Gasteiger partial charge in [0.05, 0.1) is 6.10 Å². The van der Waals surface area contributed by atoms with Crippen LogP contribution in [-0.4, -0.2) is 35.2 Å². The predicted octanol–water partition coefficient (Wildman–Crippen LogP) is 3.05. The Labute approximate surface area is 101 Å². The van der Waals surface area contributed by atoms with Crippen molar-refractivity contribution < 1.29 is 5.11 Å². The third-order valence-electron chi connectivity index (χ3n) is 4.04. The highest BCUT2D eigenvalue weighted by atomic mass is 16.3. The second-order valence-corrected chi connectivity index (χ2v) is 5.22. The summed E-state index contributed by atoms with van der Waals surface area (Å²) in [4.78, 5) is 2.50. The van der Waals surface area contributed by atoms with E-state index in [0.717, 1.165) is 31.7 Å². The van der Waals surface area contributed by atoms with Gasteiger partial charge in [0.1, 0.15) is 0 Å². The monoisotopic (exact) mass is 227 g/mol. The molecule has 1 rings (SSSR count). The molecule has 0 saturated heterocycles. The summed E-state index contributed by atoms with van der Waals surface area (Å²) in [7, 11) is 0. The molecule has 1 N–H and O–H groups in total. The number of likely N-dealkylation sites (N-methyl/N-ethyl adjacent to an activating group) is 1. The van der Waals surface area contributed by atoms with Crippen molar-refractivity contribution in [1.82, 2.24) is 4.90 Å². The minimum absolute atomic E-state index is 0.130. The van der Waals surface area contributed by atoms with Crippen LogP contribution in [0.2, 0.25) is 0 Å². The first-order valence-corrected chi connectivity index (χ1v) is 7.14. The summed E-state index contributed by atoms with van der Waals surface area (Å²) in [5.74, 6) is 0.905. The van der Waals surface area contributed by atoms with Crippen molar-refractivity contribution in [2.24, 2.45) is 5.92 Å². The van der Waals surface area contributed by atoms with Gasteiger partial charge in [-0.15, -0.1) is 0 Å². The third-order valence-corrected chi connectivity index (χ3v) is 4.04. The van der Waals surface area contributed by atoms with E-state index in [1.165, 1.54) is 25.8 Å². The van der Waals surface area contributed by atoms with Crippen LogP contribution >= 0.6 is 0 Å². The van der Waals surface area contributed by atoms with Crippen LogP contribution in [0.5, 0.6) is 0 Å². The highest BCUT2D eigenvalue weighted by Crippen LogP contribution is 2.28. The van der Waals surface area contributed by atoms with E-state index in [0.29, 0.717) is 6.04 Å². The number of hydrogen-bond donors (Lipinski definition) is 1. The fraction of sp³-hybridized carbons (Fsp3) is 1.00. The van der Waals surface area contributed by atoms with Gasteiger partial charge in [-0.25, -0.2) is 0 Å². The maximum atomic E-state index is 10.2. The van der Waals surface area contributed by atoms with E-state index in [4.69, 9.17) is 0 Å². The number of rotatable bonds is 8. The van der Waals surface area contributed by atoms with Crippen molar-refractivity contribution in [2.75, 3.05) is 13.1 Å². The zero-order valence-corrected chi connectivity index (χ0v) is 11.3. The molecule has 2 unspecified atom stereocenters. The molecule has 0 radical (unpaired) electrons. The Balaban J connectivity index is 2.44. The van der Waals surface area contributed by atoms with Crippen LogP contribution in [0.15, 0.2) is 0 Å². The Kier molecular flexibility index (Phi) is 6.37. The van der Waals surface area contributed by atoms with Crippen LogP contribution in [-0.2, 0) is 0 Å². The summed E-state index contributed by atoms with van der Waals surface area (Å²) in [5, 5.41) is 10.2. The van der Waals surface area contributed by atoms with E-state index >= 15 is 0 Å². The molecule has 0 bridgehead atoms. The molecule has 2 atom stereocenters. The normalized spacial score (nSPS) is 20.8. The largest absolute Gasteiger partial charge is 0.391 e. The van der Waals surface area contributed by atoms with Gasteiger partial charge >= 0.3 is 0 Å². The Hall–Kier alpha value is -0.0800. The molecule has 2 nitrogen and oxygen atoms in total. The van der Waals surface area contributed by atoms with Crippen molar-refractivity contribution >= 4 is 0 Å². The van der Waals surface area contributed by atoms with E-state index in [-0.39, 0.29) is 6.10 Å². The molecule has 0 spiro atoms. The molecule has 1 fully saturated rings. The van der Waals surface area contributed by atoms with Crippen LogP contribution < -0.4 is 0 Å². The van der Waals surface area contributed by atoms with E-state index in [9.17, 15) is 5.11 Å². The molecule has 1 aliphatic rings. The molecule has 0 aromatic rings. The topological polar surface area (TPSA) is 23.5 Å². The van der Waals surface area contributed by atoms with Gasteiger partial charge in [-0.05, 0) is 38.1 Å². The second-order valence-electron chi connectivity index (χ2n) is 5.22. The van der Waals surface area contributed by atoms with Crippen molar-refractivity contribution in [2.45, 2.75) is 71.4 Å². The molecule has 0 aromatic carbocycles. The summed E-state index contributed by atoms with van der Waals surface area (Å²) in [5.41, 5.74) is 0. The standard InChI is InChI=1S/C14H29NO/c1-4-8-14(16)13(5-2)15(6-3)11-12-9-7-10-12/h12-14,16H,4-11H2,1-3H3. The molecule has 0 heterocycles. The van der Waals surface area contributed by atoms with Crippen LogP contribution in [0, 0.1) is 5.92 Å². The number of nitrogens with zero attached hydrogens (tertiary/aromatic N) is 1. The van der Waals surface area contributed by atoms with Gasteiger partial charge in [-0.2, -0.15) is 0 Å². The molecule has 0 aromatic heterocycles. The van der Waals surface area contributed by atoms with E-state index < -0.39 is 0 Å². The second kappa shape index (κ2) is 7.29. The van der Waals surface area contributed by atoms with E-state index in [2.05, 4.69) is 25.7 Å². The average molecular weight is 227 g/mol. The fourth-order valence-corrected chi connectivity index (χ4v) is 2.77. The van der Waals surface area contributed by atoms with E-state index in [1.54, 1.807) is 0 Å². The Morgan fingerprint density at radius 2 is 1.94 bits per heavy atom. The lowest BCUT2D eigenvalue weighted by molar-refractivity contribution is 0.0275. The highest BCUT2D eigenvalue weighted by Gasteiger charge is 2.27.